The number of halogens is 1. The molecular weight excluding hydrogens is 391 g/mol. The van der Waals surface area contributed by atoms with Gasteiger partial charge in [-0.3, -0.25) is 5.32 Å². The average Bonchev–Trinajstić information content (AvgIpc) is 3.18. The van der Waals surface area contributed by atoms with Crippen LogP contribution >= 0.6 is 12.2 Å². The van der Waals surface area contributed by atoms with E-state index in [1.54, 1.807) is 12.1 Å². The first kappa shape index (κ1) is 21.1. The molecule has 9 heteroatoms. The minimum atomic E-state index is -0.280. The average molecular weight is 417 g/mol. The molecule has 0 aliphatic carbocycles. The number of nitrogens with zero attached hydrogens (tertiary/aromatic N) is 3. The van der Waals surface area contributed by atoms with Gasteiger partial charge in [0.2, 0.25) is 11.9 Å². The van der Waals surface area contributed by atoms with Crippen LogP contribution in [-0.4, -0.2) is 40.3 Å². The van der Waals surface area contributed by atoms with Crippen LogP contribution in [0.3, 0.4) is 0 Å². The molecule has 1 unspecified atom stereocenters. The number of aryl methyl sites for hydroxylation is 2. The number of thiocarbonyl (C=S) groups is 1. The summed E-state index contributed by atoms with van der Waals surface area (Å²) in [7, 11) is 0. The molecule has 3 rings (SSSR count). The van der Waals surface area contributed by atoms with Crippen LogP contribution < -0.4 is 16.0 Å². The molecule has 0 amide bonds. The fourth-order valence-electron chi connectivity index (χ4n) is 2.92. The summed E-state index contributed by atoms with van der Waals surface area (Å²) in [6.45, 7) is 5.57. The molecule has 1 atom stereocenters. The number of ether oxygens (including phenoxy) is 1. The highest BCUT2D eigenvalue weighted by molar-refractivity contribution is 7.80. The standard InChI is InChI=1S/C20H25FN6OS/c1-13-10-14(2)25-19(24-13)26-18(22-11-15-5-7-16(21)8-6-15)27-20(29)23-12-17-4-3-9-28-17/h5-8,10,17H,3-4,9,11-12H2,1-2H3,(H3,22,23,24,25,26,27,29). The molecule has 2 heterocycles. The summed E-state index contributed by atoms with van der Waals surface area (Å²) in [6, 6.07) is 8.09. The summed E-state index contributed by atoms with van der Waals surface area (Å²) >= 11 is 5.39. The van der Waals surface area contributed by atoms with E-state index in [0.717, 1.165) is 36.4 Å². The monoisotopic (exact) mass is 416 g/mol. The number of anilines is 1. The van der Waals surface area contributed by atoms with Crippen molar-refractivity contribution < 1.29 is 9.13 Å². The van der Waals surface area contributed by atoms with Gasteiger partial charge in [0.1, 0.15) is 5.82 Å². The van der Waals surface area contributed by atoms with Gasteiger partial charge in [0, 0.05) is 24.5 Å². The summed E-state index contributed by atoms with van der Waals surface area (Å²) in [4.78, 5) is 13.3. The fourth-order valence-corrected chi connectivity index (χ4v) is 3.10. The summed E-state index contributed by atoms with van der Waals surface area (Å²) in [5, 5.41) is 9.72. The SMILES string of the molecule is Cc1cc(C)nc(NC(=NCc2ccc(F)cc2)NC(=S)NCC2CCCO2)n1. The van der Waals surface area contributed by atoms with Crippen LogP contribution in [-0.2, 0) is 11.3 Å². The van der Waals surface area contributed by atoms with Crippen molar-refractivity contribution in [2.75, 3.05) is 18.5 Å². The van der Waals surface area contributed by atoms with Crippen molar-refractivity contribution in [2.45, 2.75) is 39.3 Å². The van der Waals surface area contributed by atoms with Gasteiger partial charge in [-0.2, -0.15) is 0 Å². The van der Waals surface area contributed by atoms with E-state index >= 15 is 0 Å². The van der Waals surface area contributed by atoms with Gasteiger partial charge in [-0.25, -0.2) is 19.4 Å². The molecule has 154 valence electrons. The van der Waals surface area contributed by atoms with E-state index in [0.29, 0.717) is 30.1 Å². The number of nitrogens with one attached hydrogen (secondary N) is 3. The lowest BCUT2D eigenvalue weighted by Crippen LogP contribution is -2.45. The Hall–Kier alpha value is -2.65. The quantitative estimate of drug-likeness (QED) is 0.393. The minimum absolute atomic E-state index is 0.171. The number of hydrogen-bond donors (Lipinski definition) is 3. The Labute approximate surface area is 175 Å². The van der Waals surface area contributed by atoms with Crippen molar-refractivity contribution in [3.05, 3.63) is 53.1 Å². The summed E-state index contributed by atoms with van der Waals surface area (Å²) < 4.78 is 18.7. The smallest absolute Gasteiger partial charge is 0.229 e. The Morgan fingerprint density at radius 1 is 1.24 bits per heavy atom. The summed E-state index contributed by atoms with van der Waals surface area (Å²) in [5.74, 6) is 0.552. The molecule has 0 saturated carbocycles. The largest absolute Gasteiger partial charge is 0.376 e. The first-order chi connectivity index (χ1) is 14.0. The van der Waals surface area contributed by atoms with Gasteiger partial charge in [-0.05, 0) is 62.7 Å². The third-order valence-electron chi connectivity index (χ3n) is 4.29. The molecule has 1 fully saturated rings. The third-order valence-corrected chi connectivity index (χ3v) is 4.54. The first-order valence-electron chi connectivity index (χ1n) is 9.52. The maximum Gasteiger partial charge on any atom is 0.229 e. The van der Waals surface area contributed by atoms with Crippen molar-refractivity contribution in [1.82, 2.24) is 20.6 Å². The normalized spacial score (nSPS) is 16.5. The number of benzene rings is 1. The van der Waals surface area contributed by atoms with Crippen LogP contribution in [0.2, 0.25) is 0 Å². The lowest BCUT2D eigenvalue weighted by atomic mass is 10.2. The van der Waals surface area contributed by atoms with E-state index in [1.807, 2.05) is 19.9 Å². The van der Waals surface area contributed by atoms with Gasteiger partial charge in [0.25, 0.3) is 0 Å². The van der Waals surface area contributed by atoms with Gasteiger partial charge in [0.15, 0.2) is 5.11 Å². The fraction of sp³-hybridized carbons (Fsp3) is 0.400. The maximum absolute atomic E-state index is 13.1. The van der Waals surface area contributed by atoms with Crippen molar-refractivity contribution in [3.8, 4) is 0 Å². The molecule has 0 bridgehead atoms. The molecule has 1 aromatic heterocycles. The van der Waals surface area contributed by atoms with E-state index in [2.05, 4.69) is 30.9 Å². The second kappa shape index (κ2) is 10.2. The molecule has 3 N–H and O–H groups in total. The van der Waals surface area contributed by atoms with Crippen molar-refractivity contribution in [1.29, 1.82) is 0 Å². The molecule has 1 aliphatic heterocycles. The van der Waals surface area contributed by atoms with E-state index in [4.69, 9.17) is 17.0 Å². The summed E-state index contributed by atoms with van der Waals surface area (Å²) in [6.07, 6.45) is 2.27. The molecular formula is C20H25FN6OS. The van der Waals surface area contributed by atoms with Crippen LogP contribution in [0.25, 0.3) is 0 Å². The van der Waals surface area contributed by atoms with Crippen molar-refractivity contribution in [3.63, 3.8) is 0 Å². The van der Waals surface area contributed by atoms with Gasteiger partial charge in [-0.15, -0.1) is 0 Å². The van der Waals surface area contributed by atoms with Gasteiger partial charge in [-0.1, -0.05) is 12.1 Å². The lowest BCUT2D eigenvalue weighted by molar-refractivity contribution is 0.114. The highest BCUT2D eigenvalue weighted by atomic mass is 32.1. The van der Waals surface area contributed by atoms with Gasteiger partial charge < -0.3 is 15.4 Å². The van der Waals surface area contributed by atoms with E-state index in [1.165, 1.54) is 12.1 Å². The number of guanidine groups is 1. The maximum atomic E-state index is 13.1. The number of aliphatic imine (C=N–C) groups is 1. The second-order valence-electron chi connectivity index (χ2n) is 6.86. The zero-order valence-corrected chi connectivity index (χ0v) is 17.4. The topological polar surface area (TPSA) is 83.5 Å². The second-order valence-corrected chi connectivity index (χ2v) is 7.27. The van der Waals surface area contributed by atoms with Crippen LogP contribution in [0.4, 0.5) is 10.3 Å². The van der Waals surface area contributed by atoms with Crippen LogP contribution in [0.15, 0.2) is 35.3 Å². The molecule has 0 spiro atoms. The summed E-state index contributed by atoms with van der Waals surface area (Å²) in [5.41, 5.74) is 2.56. The Morgan fingerprint density at radius 2 is 1.97 bits per heavy atom. The molecule has 7 nitrogen and oxygen atoms in total. The van der Waals surface area contributed by atoms with E-state index < -0.39 is 0 Å². The molecule has 1 saturated heterocycles. The van der Waals surface area contributed by atoms with Gasteiger partial charge >= 0.3 is 0 Å². The minimum Gasteiger partial charge on any atom is -0.376 e. The zero-order valence-electron chi connectivity index (χ0n) is 16.5. The predicted octanol–water partition coefficient (Wildman–Crippen LogP) is 2.84. The molecule has 2 aromatic rings. The molecule has 29 heavy (non-hydrogen) atoms. The van der Waals surface area contributed by atoms with Crippen molar-refractivity contribution >= 4 is 29.2 Å². The first-order valence-corrected chi connectivity index (χ1v) is 9.93. The molecule has 1 aromatic carbocycles. The van der Waals surface area contributed by atoms with E-state index in [-0.39, 0.29) is 11.9 Å². The number of hydrogen-bond acceptors (Lipinski definition) is 5. The highest BCUT2D eigenvalue weighted by Crippen LogP contribution is 2.10. The van der Waals surface area contributed by atoms with Gasteiger partial charge in [0.05, 0.1) is 12.6 Å². The van der Waals surface area contributed by atoms with Crippen LogP contribution in [0.5, 0.6) is 0 Å². The Bertz CT molecular complexity index is 848. The Kier molecular flexibility index (Phi) is 7.42. The lowest BCUT2D eigenvalue weighted by Gasteiger charge is -2.16. The number of aromatic nitrogens is 2. The van der Waals surface area contributed by atoms with Crippen LogP contribution in [0, 0.1) is 19.7 Å². The Morgan fingerprint density at radius 3 is 2.62 bits per heavy atom. The van der Waals surface area contributed by atoms with Crippen LogP contribution in [0.1, 0.15) is 29.8 Å². The highest BCUT2D eigenvalue weighted by Gasteiger charge is 2.15. The van der Waals surface area contributed by atoms with E-state index in [9.17, 15) is 4.39 Å². The van der Waals surface area contributed by atoms with Crippen molar-refractivity contribution in [2.24, 2.45) is 4.99 Å². The molecule has 0 radical (unpaired) electrons. The Balaban J connectivity index is 1.67. The number of rotatable bonds is 5. The predicted molar refractivity (Wildman–Crippen MR) is 115 cm³/mol. The zero-order chi connectivity index (χ0) is 20.6. The third kappa shape index (κ3) is 7.03. The molecule has 1 aliphatic rings.